The third-order valence-electron chi connectivity index (χ3n) is 6.30. The SMILES string of the molecule is COc1cc(OC)n2nc(S(=O)(=O)Nc3c(Cl)ccc(C)c3Cl)nc2n1.O=C(O)c1cc(Oc2ccc(C(F)(F)F)cc2Cl)ccc1[N+](=O)[O-]. The van der Waals surface area contributed by atoms with Crippen LogP contribution >= 0.6 is 34.8 Å². The summed E-state index contributed by atoms with van der Waals surface area (Å²) in [6.45, 7) is 1.72. The van der Waals surface area contributed by atoms with Crippen molar-refractivity contribution in [2.45, 2.75) is 18.3 Å². The summed E-state index contributed by atoms with van der Waals surface area (Å²) in [5.74, 6) is -1.45. The van der Waals surface area contributed by atoms with Gasteiger partial charge in [-0.1, -0.05) is 40.9 Å². The van der Waals surface area contributed by atoms with E-state index in [2.05, 4.69) is 19.8 Å². The molecule has 5 rings (SSSR count). The highest BCUT2D eigenvalue weighted by atomic mass is 35.5. The van der Waals surface area contributed by atoms with Gasteiger partial charge in [-0.2, -0.15) is 36.1 Å². The maximum Gasteiger partial charge on any atom is 0.416 e. The van der Waals surface area contributed by atoms with E-state index in [9.17, 15) is 36.5 Å². The molecule has 2 heterocycles. The number of methoxy groups -OCH3 is 2. The Hall–Kier alpha value is -5.11. The lowest BCUT2D eigenvalue weighted by molar-refractivity contribution is -0.385. The third-order valence-corrected chi connectivity index (χ3v) is 8.52. The lowest BCUT2D eigenvalue weighted by atomic mass is 10.1. The molecule has 0 aliphatic carbocycles. The van der Waals surface area contributed by atoms with Crippen LogP contribution in [0.4, 0.5) is 24.5 Å². The van der Waals surface area contributed by atoms with Gasteiger partial charge in [-0.3, -0.25) is 14.8 Å². The van der Waals surface area contributed by atoms with E-state index >= 15 is 0 Å². The molecule has 3 aromatic carbocycles. The molecular weight excluding hydrogens is 760 g/mol. The van der Waals surface area contributed by atoms with Gasteiger partial charge in [0.15, 0.2) is 0 Å². The molecule has 5 aromatic rings. The third kappa shape index (κ3) is 8.36. The monoisotopic (exact) mass is 778 g/mol. The van der Waals surface area contributed by atoms with Crippen LogP contribution in [-0.4, -0.2) is 58.2 Å². The van der Waals surface area contributed by atoms with Crippen molar-refractivity contribution < 1.29 is 50.6 Å². The van der Waals surface area contributed by atoms with Crippen LogP contribution in [0.1, 0.15) is 21.5 Å². The highest BCUT2D eigenvalue weighted by Crippen LogP contribution is 2.37. The van der Waals surface area contributed by atoms with Gasteiger partial charge in [0.05, 0.1) is 51.5 Å². The van der Waals surface area contributed by atoms with Gasteiger partial charge in [0, 0.05) is 12.1 Å². The molecule has 2 N–H and O–H groups in total. The Morgan fingerprint density at radius 3 is 2.28 bits per heavy atom. The number of fused-ring (bicyclic) bond motifs is 1. The van der Waals surface area contributed by atoms with Crippen molar-refractivity contribution in [2.75, 3.05) is 18.9 Å². The molecule has 50 heavy (non-hydrogen) atoms. The molecule has 264 valence electrons. The minimum Gasteiger partial charge on any atom is -0.481 e. The van der Waals surface area contributed by atoms with Gasteiger partial charge in [-0.05, 0) is 42.8 Å². The van der Waals surface area contributed by atoms with Crippen molar-refractivity contribution >= 4 is 67.9 Å². The number of nitrogens with zero attached hydrogens (tertiary/aromatic N) is 5. The smallest absolute Gasteiger partial charge is 0.416 e. The number of ether oxygens (including phenoxy) is 3. The molecule has 0 saturated carbocycles. The van der Waals surface area contributed by atoms with Crippen molar-refractivity contribution in [2.24, 2.45) is 0 Å². The van der Waals surface area contributed by atoms with Gasteiger partial charge >= 0.3 is 12.1 Å². The number of rotatable bonds is 9. The number of halogens is 6. The number of anilines is 1. The average molecular weight is 780 g/mol. The first kappa shape index (κ1) is 37.7. The number of benzene rings is 3. The van der Waals surface area contributed by atoms with Crippen molar-refractivity contribution in [3.8, 4) is 23.3 Å². The Labute approximate surface area is 294 Å². The number of nitro groups is 1. The number of carboxylic acids is 1. The maximum absolute atomic E-state index is 12.7. The minimum absolute atomic E-state index is 0.0111. The van der Waals surface area contributed by atoms with Crippen LogP contribution in [0.25, 0.3) is 5.78 Å². The van der Waals surface area contributed by atoms with E-state index in [4.69, 9.17) is 54.1 Å². The van der Waals surface area contributed by atoms with E-state index in [0.29, 0.717) is 11.6 Å². The summed E-state index contributed by atoms with van der Waals surface area (Å²) < 4.78 is 81.9. The zero-order valence-corrected chi connectivity index (χ0v) is 28.4. The molecule has 0 spiro atoms. The number of sulfonamides is 1. The number of aryl methyl sites for hydroxylation is 1. The first-order valence-corrected chi connectivity index (χ1v) is 15.9. The Kier molecular flexibility index (Phi) is 11.2. The van der Waals surface area contributed by atoms with Crippen LogP contribution in [0.5, 0.6) is 23.3 Å². The van der Waals surface area contributed by atoms with Gasteiger partial charge in [0.2, 0.25) is 11.8 Å². The topological polar surface area (TPSA) is 197 Å². The molecular formula is C28H20Cl3F3N6O9S. The first-order valence-electron chi connectivity index (χ1n) is 13.3. The Balaban J connectivity index is 0.000000226. The second-order valence-electron chi connectivity index (χ2n) is 9.59. The number of aromatic nitrogens is 4. The first-order chi connectivity index (χ1) is 23.4. The number of nitro benzene ring substituents is 1. The molecule has 22 heteroatoms. The molecule has 0 aliphatic rings. The van der Waals surface area contributed by atoms with E-state index in [0.717, 1.165) is 34.8 Å². The molecule has 0 aliphatic heterocycles. The normalized spacial score (nSPS) is 11.4. The van der Waals surface area contributed by atoms with Gasteiger partial charge < -0.3 is 19.3 Å². The number of carboxylic acid groups (broad SMARTS) is 1. The van der Waals surface area contributed by atoms with Crippen molar-refractivity contribution in [1.29, 1.82) is 0 Å². The predicted molar refractivity (Wildman–Crippen MR) is 172 cm³/mol. The summed E-state index contributed by atoms with van der Waals surface area (Å²) >= 11 is 17.9. The summed E-state index contributed by atoms with van der Waals surface area (Å²) in [6, 6.07) is 9.92. The number of alkyl halides is 3. The summed E-state index contributed by atoms with van der Waals surface area (Å²) in [4.78, 5) is 28.9. The minimum atomic E-state index is -4.58. The number of nitrogens with one attached hydrogen (secondary N) is 1. The Morgan fingerprint density at radius 1 is 1.00 bits per heavy atom. The second-order valence-corrected chi connectivity index (χ2v) is 12.4. The molecule has 0 unspecified atom stereocenters. The lowest BCUT2D eigenvalue weighted by Gasteiger charge is -2.11. The van der Waals surface area contributed by atoms with E-state index in [1.807, 2.05) is 0 Å². The number of hydrogen-bond acceptors (Lipinski definition) is 11. The fraction of sp³-hybridized carbons (Fsp3) is 0.143. The molecule has 15 nitrogen and oxygen atoms in total. The summed E-state index contributed by atoms with van der Waals surface area (Å²) in [5, 5.41) is 23.1. The van der Waals surface area contributed by atoms with E-state index in [-0.39, 0.29) is 49.8 Å². The van der Waals surface area contributed by atoms with Crippen LogP contribution in [0.15, 0.2) is 59.8 Å². The largest absolute Gasteiger partial charge is 0.481 e. The van der Waals surface area contributed by atoms with Crippen LogP contribution in [-0.2, 0) is 16.2 Å². The number of carbonyl (C=O) groups is 1. The van der Waals surface area contributed by atoms with Crippen LogP contribution in [0.2, 0.25) is 15.1 Å². The van der Waals surface area contributed by atoms with Gasteiger partial charge in [-0.25, -0.2) is 4.79 Å². The van der Waals surface area contributed by atoms with E-state index in [1.165, 1.54) is 26.4 Å². The van der Waals surface area contributed by atoms with Crippen molar-refractivity contribution in [3.63, 3.8) is 0 Å². The summed E-state index contributed by atoms with van der Waals surface area (Å²) in [5.41, 5.74) is -1.54. The molecule has 0 atom stereocenters. The zero-order chi connectivity index (χ0) is 37.1. The summed E-state index contributed by atoms with van der Waals surface area (Å²) in [7, 11) is -1.37. The zero-order valence-electron chi connectivity index (χ0n) is 25.3. The molecule has 0 radical (unpaired) electrons. The van der Waals surface area contributed by atoms with Crippen molar-refractivity contribution in [3.05, 3.63) is 96.5 Å². The van der Waals surface area contributed by atoms with Crippen LogP contribution < -0.4 is 18.9 Å². The van der Waals surface area contributed by atoms with E-state index < -0.39 is 49.1 Å². The van der Waals surface area contributed by atoms with Crippen molar-refractivity contribution in [1.82, 2.24) is 19.6 Å². The fourth-order valence-electron chi connectivity index (χ4n) is 3.89. The Morgan fingerprint density at radius 2 is 1.70 bits per heavy atom. The summed E-state index contributed by atoms with van der Waals surface area (Å²) in [6.07, 6.45) is -4.58. The molecule has 2 aromatic heterocycles. The fourth-order valence-corrected chi connectivity index (χ4v) is 5.65. The van der Waals surface area contributed by atoms with Crippen LogP contribution in [0, 0.1) is 17.0 Å². The van der Waals surface area contributed by atoms with E-state index in [1.54, 1.807) is 13.0 Å². The second kappa shape index (κ2) is 14.8. The maximum atomic E-state index is 12.7. The number of hydrogen-bond donors (Lipinski definition) is 2. The van der Waals surface area contributed by atoms with Gasteiger partial charge in [0.25, 0.3) is 26.6 Å². The highest BCUT2D eigenvalue weighted by molar-refractivity contribution is 7.92. The Bertz CT molecular complexity index is 2240. The average Bonchev–Trinajstić information content (AvgIpc) is 3.50. The lowest BCUT2D eigenvalue weighted by Crippen LogP contribution is -2.15. The van der Waals surface area contributed by atoms with Crippen LogP contribution in [0.3, 0.4) is 0 Å². The quantitative estimate of drug-likeness (QED) is 0.112. The van der Waals surface area contributed by atoms with Gasteiger partial charge in [-0.15, -0.1) is 5.10 Å². The molecule has 0 fully saturated rings. The molecule has 0 amide bonds. The molecule has 0 saturated heterocycles. The standard InChI is InChI=1S/C14H13Cl2N5O4S.C14H7ClF3NO5/c1-7-4-5-8(15)12(11(7)16)20-26(22,23)14-18-13-17-9(24-2)6-10(25-3)21(13)19-14;15-10-5-7(14(16,17)18)1-4-12(10)24-8-2-3-11(19(22)23)9(6-8)13(20)21/h4-6,20H,1-3H3;1-6H,(H,20,21). The number of aromatic carboxylic acids is 1. The predicted octanol–water partition coefficient (Wildman–Crippen LogP) is 7.32. The highest BCUT2D eigenvalue weighted by Gasteiger charge is 2.31. The van der Waals surface area contributed by atoms with Gasteiger partial charge in [0.1, 0.15) is 17.1 Å². The molecule has 0 bridgehead atoms.